The first-order chi connectivity index (χ1) is 10.4. The molecule has 0 amide bonds. The van der Waals surface area contributed by atoms with Gasteiger partial charge in [0.05, 0.1) is 5.56 Å². The van der Waals surface area contributed by atoms with Crippen LogP contribution in [0.1, 0.15) is 49.1 Å². The van der Waals surface area contributed by atoms with Crippen LogP contribution in [0.3, 0.4) is 0 Å². The molecule has 1 saturated heterocycles. The van der Waals surface area contributed by atoms with Crippen molar-refractivity contribution >= 4 is 0 Å². The summed E-state index contributed by atoms with van der Waals surface area (Å²) in [6.45, 7) is 2.15. The van der Waals surface area contributed by atoms with Gasteiger partial charge in [0.1, 0.15) is 0 Å². The van der Waals surface area contributed by atoms with Crippen LogP contribution < -0.4 is 5.73 Å². The lowest BCUT2D eigenvalue weighted by Crippen LogP contribution is -2.49. The molecule has 1 heterocycles. The van der Waals surface area contributed by atoms with Crippen LogP contribution in [-0.4, -0.2) is 30.1 Å². The molecule has 1 aliphatic carbocycles. The molecule has 0 bridgehead atoms. The third kappa shape index (κ3) is 3.30. The molecule has 0 radical (unpaired) electrons. The average Bonchev–Trinajstić information content (AvgIpc) is 3.01. The highest BCUT2D eigenvalue weighted by atomic mass is 19.4. The fourth-order valence-corrected chi connectivity index (χ4v) is 3.93. The van der Waals surface area contributed by atoms with Gasteiger partial charge in [-0.1, -0.05) is 18.2 Å². The topological polar surface area (TPSA) is 29.3 Å². The highest BCUT2D eigenvalue weighted by Crippen LogP contribution is 2.38. The lowest BCUT2D eigenvalue weighted by molar-refractivity contribution is -0.137. The Morgan fingerprint density at radius 1 is 1.09 bits per heavy atom. The van der Waals surface area contributed by atoms with E-state index in [1.54, 1.807) is 0 Å². The van der Waals surface area contributed by atoms with Crippen LogP contribution in [0.2, 0.25) is 0 Å². The van der Waals surface area contributed by atoms with Gasteiger partial charge >= 0.3 is 6.18 Å². The van der Waals surface area contributed by atoms with E-state index in [9.17, 15) is 13.2 Å². The van der Waals surface area contributed by atoms with Gasteiger partial charge in [0.25, 0.3) is 0 Å². The zero-order valence-corrected chi connectivity index (χ0v) is 12.6. The van der Waals surface area contributed by atoms with Crippen LogP contribution >= 0.6 is 0 Å². The summed E-state index contributed by atoms with van der Waals surface area (Å²) in [4.78, 5) is 2.43. The zero-order chi connectivity index (χ0) is 15.7. The molecule has 0 spiro atoms. The summed E-state index contributed by atoms with van der Waals surface area (Å²) in [5.74, 6) is 0.188. The lowest BCUT2D eigenvalue weighted by atomic mass is 9.78. The maximum atomic E-state index is 12.9. The van der Waals surface area contributed by atoms with Gasteiger partial charge in [-0.2, -0.15) is 13.2 Å². The van der Waals surface area contributed by atoms with Crippen molar-refractivity contribution in [2.24, 2.45) is 5.73 Å². The molecule has 2 N–H and O–H groups in total. The number of hydrogen-bond donors (Lipinski definition) is 1. The van der Waals surface area contributed by atoms with Gasteiger partial charge in [0.2, 0.25) is 0 Å². The van der Waals surface area contributed by atoms with Gasteiger partial charge in [-0.3, -0.25) is 4.90 Å². The van der Waals surface area contributed by atoms with E-state index in [4.69, 9.17) is 5.73 Å². The Balaban J connectivity index is 1.77. The predicted octanol–water partition coefficient (Wildman–Crippen LogP) is 3.76. The van der Waals surface area contributed by atoms with Gasteiger partial charge < -0.3 is 5.73 Å². The largest absolute Gasteiger partial charge is 0.416 e. The van der Waals surface area contributed by atoms with Crippen LogP contribution in [0, 0.1) is 0 Å². The molecular formula is C17H23F3N2. The molecule has 1 aromatic carbocycles. The number of nitrogens with two attached hydrogens (primary N) is 1. The Morgan fingerprint density at radius 3 is 2.50 bits per heavy atom. The quantitative estimate of drug-likeness (QED) is 0.901. The fraction of sp³-hybridized carbons (Fsp3) is 0.647. The zero-order valence-electron chi connectivity index (χ0n) is 12.6. The van der Waals surface area contributed by atoms with Crippen LogP contribution in [0.25, 0.3) is 0 Å². The van der Waals surface area contributed by atoms with Gasteiger partial charge in [-0.15, -0.1) is 0 Å². The van der Waals surface area contributed by atoms with Crippen molar-refractivity contribution < 1.29 is 13.2 Å². The fourth-order valence-electron chi connectivity index (χ4n) is 3.93. The lowest BCUT2D eigenvalue weighted by Gasteiger charge is -2.39. The molecule has 1 saturated carbocycles. The number of hydrogen-bond acceptors (Lipinski definition) is 2. The maximum absolute atomic E-state index is 12.9. The van der Waals surface area contributed by atoms with E-state index in [0.717, 1.165) is 44.0 Å². The summed E-state index contributed by atoms with van der Waals surface area (Å²) in [6.07, 6.45) is 0.793. The first-order valence-corrected chi connectivity index (χ1v) is 8.12. The molecule has 3 rings (SSSR count). The first-order valence-electron chi connectivity index (χ1n) is 8.12. The number of benzene rings is 1. The second-order valence-electron chi connectivity index (χ2n) is 6.61. The van der Waals surface area contributed by atoms with E-state index in [0.29, 0.717) is 6.04 Å². The number of halogens is 3. The van der Waals surface area contributed by atoms with Crippen molar-refractivity contribution in [3.05, 3.63) is 35.4 Å². The first kappa shape index (κ1) is 15.8. The van der Waals surface area contributed by atoms with Crippen molar-refractivity contribution in [2.45, 2.75) is 56.3 Å². The number of nitrogens with zero attached hydrogens (tertiary/aromatic N) is 1. The van der Waals surface area contributed by atoms with Gasteiger partial charge in [-0.25, -0.2) is 0 Å². The molecule has 22 heavy (non-hydrogen) atoms. The Labute approximate surface area is 129 Å². The molecule has 0 unspecified atom stereocenters. The minimum absolute atomic E-state index is 0.153. The molecule has 3 atom stereocenters. The standard InChI is InChI=1S/C17H23F3N2/c18-17(19,20)14-5-3-4-12(10-14)13-6-7-15(21)16(11-13)22-8-1-2-9-22/h3-5,10,13,15-16H,1-2,6-9,11,21H2/t13-,15-,16-/m0/s1. The van der Waals surface area contributed by atoms with Crippen LogP contribution in [-0.2, 0) is 6.18 Å². The Bertz CT molecular complexity index is 509. The Hall–Kier alpha value is -1.07. The third-order valence-corrected chi connectivity index (χ3v) is 5.16. The minimum atomic E-state index is -4.27. The molecule has 0 aromatic heterocycles. The van der Waals surface area contributed by atoms with E-state index in [1.807, 2.05) is 6.07 Å². The molecule has 2 nitrogen and oxygen atoms in total. The summed E-state index contributed by atoms with van der Waals surface area (Å²) >= 11 is 0. The van der Waals surface area contributed by atoms with Crippen LogP contribution in [0.5, 0.6) is 0 Å². The van der Waals surface area contributed by atoms with Crippen molar-refractivity contribution in [3.63, 3.8) is 0 Å². The maximum Gasteiger partial charge on any atom is 0.416 e. The minimum Gasteiger partial charge on any atom is -0.326 e. The van der Waals surface area contributed by atoms with Gasteiger partial charge in [0, 0.05) is 12.1 Å². The Kier molecular flexibility index (Phi) is 4.46. The van der Waals surface area contributed by atoms with E-state index in [-0.39, 0.29) is 12.0 Å². The Morgan fingerprint density at radius 2 is 1.82 bits per heavy atom. The second-order valence-corrected chi connectivity index (χ2v) is 6.61. The van der Waals surface area contributed by atoms with E-state index >= 15 is 0 Å². The van der Waals surface area contributed by atoms with E-state index in [2.05, 4.69) is 4.90 Å². The molecule has 2 aliphatic rings. The van der Waals surface area contributed by atoms with Crippen molar-refractivity contribution in [1.29, 1.82) is 0 Å². The summed E-state index contributed by atoms with van der Waals surface area (Å²) in [6, 6.07) is 6.30. The predicted molar refractivity (Wildman–Crippen MR) is 80.6 cm³/mol. The molecule has 122 valence electrons. The van der Waals surface area contributed by atoms with Crippen LogP contribution in [0.15, 0.2) is 24.3 Å². The number of alkyl halides is 3. The molecule has 2 fully saturated rings. The number of likely N-dealkylation sites (tertiary alicyclic amines) is 1. The smallest absolute Gasteiger partial charge is 0.326 e. The molecule has 5 heteroatoms. The third-order valence-electron chi connectivity index (χ3n) is 5.16. The summed E-state index contributed by atoms with van der Waals surface area (Å²) in [5, 5.41) is 0. The van der Waals surface area contributed by atoms with Crippen LogP contribution in [0.4, 0.5) is 13.2 Å². The normalized spacial score (nSPS) is 30.6. The average molecular weight is 312 g/mol. The SMILES string of the molecule is N[C@H]1CC[C@H](c2cccc(C(F)(F)F)c2)C[C@@H]1N1CCCC1. The summed E-state index contributed by atoms with van der Waals surface area (Å²) in [5.41, 5.74) is 6.54. The van der Waals surface area contributed by atoms with Crippen molar-refractivity contribution in [2.75, 3.05) is 13.1 Å². The van der Waals surface area contributed by atoms with E-state index in [1.165, 1.54) is 25.0 Å². The highest BCUT2D eigenvalue weighted by Gasteiger charge is 2.35. The highest BCUT2D eigenvalue weighted by molar-refractivity contribution is 5.29. The monoisotopic (exact) mass is 312 g/mol. The van der Waals surface area contributed by atoms with Gasteiger partial charge in [-0.05, 0) is 62.7 Å². The second kappa shape index (κ2) is 6.20. The van der Waals surface area contributed by atoms with Gasteiger partial charge in [0.15, 0.2) is 0 Å². The van der Waals surface area contributed by atoms with Crippen molar-refractivity contribution in [1.82, 2.24) is 4.90 Å². The molecule has 1 aliphatic heterocycles. The summed E-state index contributed by atoms with van der Waals surface area (Å²) < 4.78 is 38.7. The molecular weight excluding hydrogens is 289 g/mol. The van der Waals surface area contributed by atoms with E-state index < -0.39 is 11.7 Å². The number of rotatable bonds is 2. The molecule has 1 aromatic rings. The summed E-state index contributed by atoms with van der Waals surface area (Å²) in [7, 11) is 0. The van der Waals surface area contributed by atoms with Crippen molar-refractivity contribution in [3.8, 4) is 0 Å².